The third-order valence-corrected chi connectivity index (χ3v) is 5.25. The van der Waals surface area contributed by atoms with E-state index in [9.17, 15) is 0 Å². The van der Waals surface area contributed by atoms with Crippen LogP contribution >= 0.6 is 0 Å². The Balaban J connectivity index is 1.45. The van der Waals surface area contributed by atoms with Gasteiger partial charge >= 0.3 is 0 Å². The number of rotatable bonds is 10. The van der Waals surface area contributed by atoms with E-state index in [1.807, 2.05) is 7.05 Å². The van der Waals surface area contributed by atoms with E-state index in [0.29, 0.717) is 0 Å². The fourth-order valence-corrected chi connectivity index (χ4v) is 3.48. The van der Waals surface area contributed by atoms with Crippen LogP contribution in [0.2, 0.25) is 0 Å². The summed E-state index contributed by atoms with van der Waals surface area (Å²) in [7, 11) is 1.83. The minimum absolute atomic E-state index is 0.236. The SMILES string of the molecule is CN=C(NCCCN(Cc1ccccc1)Cc1ccccc1)NCC1(C)COC1. The maximum absolute atomic E-state index is 5.32. The molecule has 0 aromatic heterocycles. The second-order valence-electron chi connectivity index (χ2n) is 8.19. The van der Waals surface area contributed by atoms with Gasteiger partial charge in [-0.25, -0.2) is 0 Å². The van der Waals surface area contributed by atoms with Crippen LogP contribution in [0.1, 0.15) is 24.5 Å². The Kier molecular flexibility index (Phi) is 8.08. The number of nitrogens with one attached hydrogen (secondary N) is 2. The van der Waals surface area contributed by atoms with Crippen LogP contribution in [0.25, 0.3) is 0 Å². The quantitative estimate of drug-likeness (QED) is 0.369. The van der Waals surface area contributed by atoms with Crippen molar-refractivity contribution >= 4 is 5.96 Å². The molecule has 1 heterocycles. The van der Waals surface area contributed by atoms with Crippen molar-refractivity contribution in [3.05, 3.63) is 71.8 Å². The number of nitrogens with zero attached hydrogens (tertiary/aromatic N) is 2. The second-order valence-corrected chi connectivity index (χ2v) is 8.19. The molecule has 2 aromatic rings. The summed E-state index contributed by atoms with van der Waals surface area (Å²) in [5.41, 5.74) is 2.94. The van der Waals surface area contributed by atoms with E-state index < -0.39 is 0 Å². The smallest absolute Gasteiger partial charge is 0.191 e. The van der Waals surface area contributed by atoms with Gasteiger partial charge in [0.1, 0.15) is 0 Å². The van der Waals surface area contributed by atoms with Crippen molar-refractivity contribution in [2.45, 2.75) is 26.4 Å². The van der Waals surface area contributed by atoms with Crippen molar-refractivity contribution in [2.24, 2.45) is 10.4 Å². The minimum atomic E-state index is 0.236. The molecule has 1 fully saturated rings. The molecule has 0 aliphatic carbocycles. The number of benzene rings is 2. The zero-order chi connectivity index (χ0) is 20.4. The standard InChI is InChI=1S/C24H34N4O/c1-24(19-29-20-24)18-27-23(25-2)26-14-9-15-28(16-21-10-5-3-6-11-21)17-22-12-7-4-8-13-22/h3-8,10-13H,9,14-20H2,1-2H3,(H2,25,26,27). The van der Waals surface area contributed by atoms with Gasteiger partial charge in [-0.15, -0.1) is 0 Å². The van der Waals surface area contributed by atoms with Gasteiger partial charge in [-0.05, 0) is 17.5 Å². The van der Waals surface area contributed by atoms with Crippen LogP contribution < -0.4 is 10.6 Å². The molecule has 29 heavy (non-hydrogen) atoms. The second kappa shape index (κ2) is 11.0. The predicted octanol–water partition coefficient (Wildman–Crippen LogP) is 3.28. The topological polar surface area (TPSA) is 48.9 Å². The Hall–Kier alpha value is -2.37. The van der Waals surface area contributed by atoms with Crippen LogP contribution in [0, 0.1) is 5.41 Å². The molecule has 2 N–H and O–H groups in total. The van der Waals surface area contributed by atoms with Crippen LogP contribution in [0.4, 0.5) is 0 Å². The molecule has 0 amide bonds. The summed E-state index contributed by atoms with van der Waals surface area (Å²) in [5.74, 6) is 0.871. The molecule has 2 aromatic carbocycles. The van der Waals surface area contributed by atoms with Crippen LogP contribution in [0.5, 0.6) is 0 Å². The maximum atomic E-state index is 5.32. The third-order valence-electron chi connectivity index (χ3n) is 5.25. The van der Waals surface area contributed by atoms with Crippen molar-refractivity contribution in [3.63, 3.8) is 0 Å². The summed E-state index contributed by atoms with van der Waals surface area (Å²) < 4.78 is 5.32. The molecule has 0 atom stereocenters. The number of hydrogen-bond acceptors (Lipinski definition) is 3. The van der Waals surface area contributed by atoms with Gasteiger partial charge in [-0.1, -0.05) is 67.6 Å². The Morgan fingerprint density at radius 1 is 0.966 bits per heavy atom. The lowest BCUT2D eigenvalue weighted by Crippen LogP contribution is -2.51. The number of aliphatic imine (C=N–C) groups is 1. The zero-order valence-corrected chi connectivity index (χ0v) is 17.7. The van der Waals surface area contributed by atoms with Gasteiger partial charge in [-0.3, -0.25) is 9.89 Å². The maximum Gasteiger partial charge on any atom is 0.191 e. The van der Waals surface area contributed by atoms with E-state index >= 15 is 0 Å². The summed E-state index contributed by atoms with van der Waals surface area (Å²) in [6.07, 6.45) is 1.06. The Morgan fingerprint density at radius 2 is 1.55 bits per heavy atom. The van der Waals surface area contributed by atoms with Gasteiger partial charge in [0.15, 0.2) is 5.96 Å². The predicted molar refractivity (Wildman–Crippen MR) is 120 cm³/mol. The fourth-order valence-electron chi connectivity index (χ4n) is 3.48. The van der Waals surface area contributed by atoms with Gasteiger partial charge in [0, 0.05) is 45.2 Å². The molecule has 0 unspecified atom stereocenters. The van der Waals surface area contributed by atoms with Crippen molar-refractivity contribution in [1.29, 1.82) is 0 Å². The Morgan fingerprint density at radius 3 is 2.03 bits per heavy atom. The highest BCUT2D eigenvalue weighted by Gasteiger charge is 2.33. The molecule has 1 aliphatic heterocycles. The molecular weight excluding hydrogens is 360 g/mol. The number of ether oxygens (including phenoxy) is 1. The van der Waals surface area contributed by atoms with Gasteiger partial charge in [0.05, 0.1) is 13.2 Å². The van der Waals surface area contributed by atoms with Crippen LogP contribution in [0.3, 0.4) is 0 Å². The molecule has 156 valence electrons. The first-order valence-electron chi connectivity index (χ1n) is 10.5. The molecule has 3 rings (SSSR count). The first-order chi connectivity index (χ1) is 14.2. The number of guanidine groups is 1. The van der Waals surface area contributed by atoms with Gasteiger partial charge < -0.3 is 15.4 Å². The third kappa shape index (κ3) is 7.18. The first kappa shape index (κ1) is 21.3. The van der Waals surface area contributed by atoms with Gasteiger partial charge in [0.2, 0.25) is 0 Å². The molecule has 5 heteroatoms. The Labute approximate surface area is 175 Å². The van der Waals surface area contributed by atoms with Gasteiger partial charge in [-0.2, -0.15) is 0 Å². The monoisotopic (exact) mass is 394 g/mol. The van der Waals surface area contributed by atoms with E-state index in [0.717, 1.165) is 58.3 Å². The fraction of sp³-hybridized carbons (Fsp3) is 0.458. The number of hydrogen-bond donors (Lipinski definition) is 2. The lowest BCUT2D eigenvalue weighted by Gasteiger charge is -2.38. The molecule has 1 saturated heterocycles. The molecule has 1 aliphatic rings. The summed E-state index contributed by atoms with van der Waals surface area (Å²) >= 11 is 0. The zero-order valence-electron chi connectivity index (χ0n) is 17.7. The summed E-state index contributed by atoms with van der Waals surface area (Å²) in [6, 6.07) is 21.4. The lowest BCUT2D eigenvalue weighted by atomic mass is 9.89. The van der Waals surface area contributed by atoms with Crippen molar-refractivity contribution in [2.75, 3.05) is 39.9 Å². The summed E-state index contributed by atoms with van der Waals surface area (Å²) in [4.78, 5) is 6.85. The van der Waals surface area contributed by atoms with Crippen LogP contribution in [-0.4, -0.2) is 50.8 Å². The van der Waals surface area contributed by atoms with Gasteiger partial charge in [0.25, 0.3) is 0 Å². The summed E-state index contributed by atoms with van der Waals surface area (Å²) in [5, 5.41) is 6.87. The average Bonchev–Trinajstić information content (AvgIpc) is 2.73. The largest absolute Gasteiger partial charge is 0.380 e. The molecule has 0 saturated carbocycles. The molecule has 5 nitrogen and oxygen atoms in total. The summed E-state index contributed by atoms with van der Waals surface area (Å²) in [6.45, 7) is 8.62. The molecule has 0 bridgehead atoms. The highest BCUT2D eigenvalue weighted by Crippen LogP contribution is 2.24. The first-order valence-corrected chi connectivity index (χ1v) is 10.5. The van der Waals surface area contributed by atoms with E-state index in [4.69, 9.17) is 4.74 Å². The molecule has 0 spiro atoms. The average molecular weight is 395 g/mol. The van der Waals surface area contributed by atoms with Crippen LogP contribution in [0.15, 0.2) is 65.7 Å². The van der Waals surface area contributed by atoms with Crippen molar-refractivity contribution in [1.82, 2.24) is 15.5 Å². The molecular formula is C24H34N4O. The van der Waals surface area contributed by atoms with Crippen molar-refractivity contribution < 1.29 is 4.74 Å². The van der Waals surface area contributed by atoms with Crippen LogP contribution in [-0.2, 0) is 17.8 Å². The molecule has 0 radical (unpaired) electrons. The van der Waals surface area contributed by atoms with E-state index in [1.54, 1.807) is 0 Å². The normalized spacial score (nSPS) is 15.8. The Bertz CT molecular complexity index is 702. The van der Waals surface area contributed by atoms with Crippen molar-refractivity contribution in [3.8, 4) is 0 Å². The van der Waals surface area contributed by atoms with E-state index in [2.05, 4.69) is 88.1 Å². The lowest BCUT2D eigenvalue weighted by molar-refractivity contribution is -0.0971. The minimum Gasteiger partial charge on any atom is -0.380 e. The highest BCUT2D eigenvalue weighted by atomic mass is 16.5. The highest BCUT2D eigenvalue weighted by molar-refractivity contribution is 5.79. The van der Waals surface area contributed by atoms with E-state index in [-0.39, 0.29) is 5.41 Å². The van der Waals surface area contributed by atoms with E-state index in [1.165, 1.54) is 11.1 Å².